The molecule has 5 nitrogen and oxygen atoms in total. The van der Waals surface area contributed by atoms with Gasteiger partial charge in [0.05, 0.1) is 0 Å². The third kappa shape index (κ3) is 3.34. The molecule has 29 heavy (non-hydrogen) atoms. The highest BCUT2D eigenvalue weighted by molar-refractivity contribution is 6.02. The predicted octanol–water partition coefficient (Wildman–Crippen LogP) is 4.59. The summed E-state index contributed by atoms with van der Waals surface area (Å²) in [5.41, 5.74) is 0.650. The first-order valence-electron chi connectivity index (χ1n) is 11.2. The third-order valence-electron chi connectivity index (χ3n) is 8.96. The molecule has 0 aromatic carbocycles. The predicted molar refractivity (Wildman–Crippen MR) is 108 cm³/mol. The molecule has 0 radical (unpaired) electrons. The van der Waals surface area contributed by atoms with Crippen LogP contribution in [-0.4, -0.2) is 23.8 Å². The van der Waals surface area contributed by atoms with Crippen LogP contribution >= 0.6 is 0 Å². The van der Waals surface area contributed by atoms with Crippen LogP contribution in [0, 0.1) is 34.5 Å². The maximum absolute atomic E-state index is 13.1. The van der Waals surface area contributed by atoms with E-state index in [2.05, 4.69) is 13.8 Å². The van der Waals surface area contributed by atoms with Crippen LogP contribution in [-0.2, 0) is 23.9 Å². The standard InChI is InChI=1S/C24H34O5/c1-14(25)28-13-16-11-21-19-6-5-17-12-18(29-15(2)26)7-9-23(17,3)20(19)8-10-24(21,4)22(16)27/h13,17-21H,5-12H2,1-4H3/b16-13+. The Labute approximate surface area is 173 Å². The molecule has 4 saturated carbocycles. The zero-order chi connectivity index (χ0) is 21.0. The van der Waals surface area contributed by atoms with Gasteiger partial charge in [0.1, 0.15) is 12.4 Å². The van der Waals surface area contributed by atoms with Crippen LogP contribution in [0.1, 0.15) is 79.1 Å². The zero-order valence-electron chi connectivity index (χ0n) is 18.2. The van der Waals surface area contributed by atoms with Gasteiger partial charge in [-0.2, -0.15) is 0 Å². The van der Waals surface area contributed by atoms with E-state index >= 15 is 0 Å². The number of hydrogen-bond acceptors (Lipinski definition) is 5. The van der Waals surface area contributed by atoms with Crippen LogP contribution in [0.5, 0.6) is 0 Å². The minimum atomic E-state index is -0.374. The molecule has 7 atom stereocenters. The second-order valence-electron chi connectivity index (χ2n) is 10.4. The lowest BCUT2D eigenvalue weighted by molar-refractivity contribution is -0.160. The fourth-order valence-corrected chi connectivity index (χ4v) is 7.49. The summed E-state index contributed by atoms with van der Waals surface area (Å²) in [4.78, 5) is 35.8. The van der Waals surface area contributed by atoms with E-state index in [1.54, 1.807) is 0 Å². The van der Waals surface area contributed by atoms with Gasteiger partial charge in [-0.15, -0.1) is 0 Å². The third-order valence-corrected chi connectivity index (χ3v) is 8.96. The van der Waals surface area contributed by atoms with Gasteiger partial charge in [0.2, 0.25) is 0 Å². The molecule has 0 amide bonds. The summed E-state index contributed by atoms with van der Waals surface area (Å²) in [5, 5.41) is 0. The average molecular weight is 403 g/mol. The highest BCUT2D eigenvalue weighted by Gasteiger charge is 2.61. The molecule has 5 heteroatoms. The summed E-state index contributed by atoms with van der Waals surface area (Å²) in [7, 11) is 0. The summed E-state index contributed by atoms with van der Waals surface area (Å²) < 4.78 is 10.6. The highest BCUT2D eigenvalue weighted by atomic mass is 16.5. The molecule has 0 bridgehead atoms. The summed E-state index contributed by atoms with van der Waals surface area (Å²) >= 11 is 0. The minimum Gasteiger partial charge on any atom is -0.463 e. The molecule has 0 saturated heterocycles. The molecule has 7 unspecified atom stereocenters. The van der Waals surface area contributed by atoms with Gasteiger partial charge < -0.3 is 9.47 Å². The Balaban J connectivity index is 1.54. The first-order valence-corrected chi connectivity index (χ1v) is 11.2. The maximum Gasteiger partial charge on any atom is 0.307 e. The van der Waals surface area contributed by atoms with Gasteiger partial charge in [0.25, 0.3) is 0 Å². The van der Waals surface area contributed by atoms with Crippen LogP contribution < -0.4 is 0 Å². The van der Waals surface area contributed by atoms with E-state index in [1.807, 2.05) is 0 Å². The maximum atomic E-state index is 13.1. The first-order chi connectivity index (χ1) is 13.6. The Morgan fingerprint density at radius 3 is 2.45 bits per heavy atom. The lowest BCUT2D eigenvalue weighted by Crippen LogP contribution is -2.54. The number of ketones is 1. The van der Waals surface area contributed by atoms with Crippen molar-refractivity contribution in [2.24, 2.45) is 34.5 Å². The normalized spacial score (nSPS) is 45.2. The smallest absolute Gasteiger partial charge is 0.307 e. The Bertz CT molecular complexity index is 754. The van der Waals surface area contributed by atoms with Crippen LogP contribution in [0.15, 0.2) is 11.8 Å². The van der Waals surface area contributed by atoms with E-state index in [4.69, 9.17) is 9.47 Å². The van der Waals surface area contributed by atoms with Crippen molar-refractivity contribution in [1.82, 2.24) is 0 Å². The number of Topliss-reactive ketones (excluding diaryl/α,β-unsaturated/α-hetero) is 1. The van der Waals surface area contributed by atoms with Gasteiger partial charge in [0, 0.05) is 24.8 Å². The Hall–Kier alpha value is -1.65. The molecule has 4 rings (SSSR count). The molecular formula is C24H34O5. The Morgan fingerprint density at radius 2 is 1.76 bits per heavy atom. The molecule has 0 aromatic rings. The van der Waals surface area contributed by atoms with E-state index in [-0.39, 0.29) is 34.7 Å². The van der Waals surface area contributed by atoms with Gasteiger partial charge in [-0.1, -0.05) is 13.8 Å². The second-order valence-corrected chi connectivity index (χ2v) is 10.4. The van der Waals surface area contributed by atoms with Gasteiger partial charge in [-0.05, 0) is 80.5 Å². The number of carbonyl (C=O) groups excluding carboxylic acids is 3. The van der Waals surface area contributed by atoms with Crippen molar-refractivity contribution in [3.63, 3.8) is 0 Å². The molecule has 0 spiro atoms. The molecule has 0 heterocycles. The fourth-order valence-electron chi connectivity index (χ4n) is 7.49. The number of esters is 2. The largest absolute Gasteiger partial charge is 0.463 e. The average Bonchev–Trinajstić information content (AvgIpc) is 2.91. The van der Waals surface area contributed by atoms with Crippen molar-refractivity contribution in [1.29, 1.82) is 0 Å². The van der Waals surface area contributed by atoms with Crippen molar-refractivity contribution in [3.8, 4) is 0 Å². The topological polar surface area (TPSA) is 69.7 Å². The number of carbonyl (C=O) groups is 3. The van der Waals surface area contributed by atoms with Gasteiger partial charge >= 0.3 is 11.9 Å². The molecular weight excluding hydrogens is 368 g/mol. The molecule has 0 N–H and O–H groups in total. The first kappa shape index (κ1) is 20.6. The number of hydrogen-bond donors (Lipinski definition) is 0. The molecule has 4 aliphatic rings. The Kier molecular flexibility index (Phi) is 5.15. The molecule has 160 valence electrons. The molecule has 4 fully saturated rings. The van der Waals surface area contributed by atoms with E-state index in [0.717, 1.165) is 51.4 Å². The van der Waals surface area contributed by atoms with Gasteiger partial charge in [-0.3, -0.25) is 14.4 Å². The summed E-state index contributed by atoms with van der Waals surface area (Å²) in [5.74, 6) is 1.76. The van der Waals surface area contributed by atoms with Crippen molar-refractivity contribution < 1.29 is 23.9 Å². The van der Waals surface area contributed by atoms with Crippen LogP contribution in [0.4, 0.5) is 0 Å². The number of ether oxygens (including phenoxy) is 2. The highest BCUT2D eigenvalue weighted by Crippen LogP contribution is 2.66. The number of fused-ring (bicyclic) bond motifs is 5. The van der Waals surface area contributed by atoms with Gasteiger partial charge in [-0.25, -0.2) is 0 Å². The molecule has 0 aliphatic heterocycles. The molecule has 4 aliphatic carbocycles. The lowest BCUT2D eigenvalue weighted by Gasteiger charge is -2.60. The van der Waals surface area contributed by atoms with E-state index < -0.39 is 0 Å². The second kappa shape index (κ2) is 7.24. The van der Waals surface area contributed by atoms with Crippen LogP contribution in [0.25, 0.3) is 0 Å². The van der Waals surface area contributed by atoms with Gasteiger partial charge in [0.15, 0.2) is 5.78 Å². The van der Waals surface area contributed by atoms with E-state index in [1.165, 1.54) is 20.1 Å². The van der Waals surface area contributed by atoms with Crippen LogP contribution in [0.3, 0.4) is 0 Å². The van der Waals surface area contributed by atoms with Crippen molar-refractivity contribution in [3.05, 3.63) is 11.8 Å². The zero-order valence-corrected chi connectivity index (χ0v) is 18.2. The number of allylic oxidation sites excluding steroid dienone is 1. The van der Waals surface area contributed by atoms with Crippen molar-refractivity contribution >= 4 is 17.7 Å². The van der Waals surface area contributed by atoms with Crippen molar-refractivity contribution in [2.45, 2.75) is 85.2 Å². The summed E-state index contributed by atoms with van der Waals surface area (Å²) in [6.07, 6.45) is 9.57. The van der Waals surface area contributed by atoms with E-state index in [9.17, 15) is 14.4 Å². The molecule has 0 aromatic heterocycles. The summed E-state index contributed by atoms with van der Waals surface area (Å²) in [6.45, 7) is 7.46. The monoisotopic (exact) mass is 402 g/mol. The fraction of sp³-hybridized carbons (Fsp3) is 0.792. The van der Waals surface area contributed by atoms with Crippen LogP contribution in [0.2, 0.25) is 0 Å². The van der Waals surface area contributed by atoms with Crippen molar-refractivity contribution in [2.75, 3.05) is 0 Å². The Morgan fingerprint density at radius 1 is 1.00 bits per heavy atom. The SMILES string of the molecule is CC(=O)O/C=C1\CC2C3CCC4CC(OC(C)=O)CCC4(C)C3CCC2(C)C1=O. The quantitative estimate of drug-likeness (QED) is 0.384. The summed E-state index contributed by atoms with van der Waals surface area (Å²) in [6, 6.07) is 0. The lowest BCUT2D eigenvalue weighted by atomic mass is 9.45. The van der Waals surface area contributed by atoms with E-state index in [0.29, 0.717) is 29.2 Å². The number of rotatable bonds is 2. The minimum absolute atomic E-state index is 0.0716.